The van der Waals surface area contributed by atoms with Crippen LogP contribution in [0.5, 0.6) is 0 Å². The van der Waals surface area contributed by atoms with E-state index < -0.39 is 5.92 Å². The molecule has 0 aliphatic heterocycles. The highest BCUT2D eigenvalue weighted by molar-refractivity contribution is 7.09. The maximum atomic E-state index is 11.9. The van der Waals surface area contributed by atoms with Gasteiger partial charge in [-0.3, -0.25) is 0 Å². The summed E-state index contributed by atoms with van der Waals surface area (Å²) in [6.45, 7) is 2.38. The molecule has 0 fully saturated rings. The quantitative estimate of drug-likeness (QED) is 0.651. The Morgan fingerprint density at radius 3 is 2.85 bits per heavy atom. The lowest BCUT2D eigenvalue weighted by molar-refractivity contribution is -0.152. The van der Waals surface area contributed by atoms with Crippen molar-refractivity contribution in [2.24, 2.45) is 0 Å². The molecule has 0 bridgehead atoms. The van der Waals surface area contributed by atoms with E-state index in [1.54, 1.807) is 24.3 Å². The molecule has 0 radical (unpaired) electrons. The van der Waals surface area contributed by atoms with E-state index in [1.807, 2.05) is 29.6 Å². The summed E-state index contributed by atoms with van der Waals surface area (Å²) in [7, 11) is 0. The Kier molecular flexibility index (Phi) is 5.59. The van der Waals surface area contributed by atoms with Crippen molar-refractivity contribution in [1.29, 1.82) is 0 Å². The van der Waals surface area contributed by atoms with E-state index in [1.165, 1.54) is 4.88 Å². The van der Waals surface area contributed by atoms with Crippen LogP contribution in [0.25, 0.3) is 0 Å². The number of carbonyl (C=O) groups excluding carboxylic acids is 1. The highest BCUT2D eigenvalue weighted by atomic mass is 35.5. The largest absolute Gasteiger partial charge is 0.370 e. The Labute approximate surface area is 127 Å². The van der Waals surface area contributed by atoms with E-state index in [2.05, 4.69) is 11.5 Å². The van der Waals surface area contributed by atoms with Gasteiger partial charge in [0.25, 0.3) is 0 Å². The fraction of sp³-hybridized carbons (Fsp3) is 0.267. The average molecular weight is 310 g/mol. The van der Waals surface area contributed by atoms with Crippen molar-refractivity contribution in [3.8, 4) is 0 Å². The fourth-order valence-corrected chi connectivity index (χ4v) is 2.80. The summed E-state index contributed by atoms with van der Waals surface area (Å²) in [5.41, 5.74) is 3.48. The molecule has 0 aliphatic rings. The van der Waals surface area contributed by atoms with Crippen LogP contribution in [0.4, 0.5) is 0 Å². The molecule has 106 valence electrons. The number of nitrogens with one attached hydrogen (secondary N) is 1. The van der Waals surface area contributed by atoms with Crippen LogP contribution in [-0.4, -0.2) is 12.5 Å². The van der Waals surface area contributed by atoms with Gasteiger partial charge in [0, 0.05) is 16.4 Å². The molecule has 0 saturated carbocycles. The molecule has 2 rings (SSSR count). The van der Waals surface area contributed by atoms with Gasteiger partial charge in [-0.2, -0.15) is 5.48 Å². The zero-order valence-corrected chi connectivity index (χ0v) is 12.7. The van der Waals surface area contributed by atoms with Gasteiger partial charge in [-0.05, 0) is 36.4 Å². The van der Waals surface area contributed by atoms with Gasteiger partial charge in [-0.1, -0.05) is 35.9 Å². The Bertz CT molecular complexity index is 557. The van der Waals surface area contributed by atoms with Gasteiger partial charge in [0.15, 0.2) is 0 Å². The monoisotopic (exact) mass is 309 g/mol. The van der Waals surface area contributed by atoms with Crippen LogP contribution in [0.1, 0.15) is 23.3 Å². The Hall–Kier alpha value is -1.36. The molecule has 1 aromatic carbocycles. The molecular weight excluding hydrogens is 294 g/mol. The first kappa shape index (κ1) is 15.0. The van der Waals surface area contributed by atoms with E-state index in [0.717, 1.165) is 12.0 Å². The van der Waals surface area contributed by atoms with Crippen molar-refractivity contribution in [2.75, 3.05) is 6.54 Å². The number of rotatable bonds is 6. The predicted octanol–water partition coefficient (Wildman–Crippen LogP) is 3.80. The van der Waals surface area contributed by atoms with Crippen LogP contribution in [0.2, 0.25) is 5.02 Å². The molecule has 0 amide bonds. The topological polar surface area (TPSA) is 38.3 Å². The summed E-state index contributed by atoms with van der Waals surface area (Å²) >= 11 is 7.75. The number of hydrogen-bond donors (Lipinski definition) is 1. The number of halogens is 1. The highest BCUT2D eigenvalue weighted by Gasteiger charge is 2.19. The second kappa shape index (κ2) is 7.43. The maximum Gasteiger partial charge on any atom is 0.331 e. The van der Waals surface area contributed by atoms with Crippen LogP contribution < -0.4 is 5.48 Å². The van der Waals surface area contributed by atoms with Gasteiger partial charge in [0.1, 0.15) is 0 Å². The maximum absolute atomic E-state index is 11.9. The molecule has 1 N–H and O–H groups in total. The molecule has 0 aliphatic carbocycles. The third-order valence-electron chi connectivity index (χ3n) is 2.95. The fourth-order valence-electron chi connectivity index (χ4n) is 1.79. The molecule has 1 aromatic heterocycles. The summed E-state index contributed by atoms with van der Waals surface area (Å²) in [4.78, 5) is 18.2. The standard InChI is InChI=1S/C15H16ClNO2S/c1-11(13-6-2-3-7-14(13)16)15(18)19-17-9-8-12-5-4-10-20-12/h2-7,10-11,17H,8-9H2,1H3. The molecule has 1 unspecified atom stereocenters. The molecule has 2 aromatic rings. The van der Waals surface area contributed by atoms with Crippen molar-refractivity contribution in [1.82, 2.24) is 5.48 Å². The molecule has 20 heavy (non-hydrogen) atoms. The van der Waals surface area contributed by atoms with E-state index in [4.69, 9.17) is 16.4 Å². The SMILES string of the molecule is CC(C(=O)ONCCc1cccs1)c1ccccc1Cl. The Morgan fingerprint density at radius 1 is 1.35 bits per heavy atom. The first-order valence-electron chi connectivity index (χ1n) is 6.39. The summed E-state index contributed by atoms with van der Waals surface area (Å²) < 4.78 is 0. The first-order valence-corrected chi connectivity index (χ1v) is 7.64. The highest BCUT2D eigenvalue weighted by Crippen LogP contribution is 2.24. The van der Waals surface area contributed by atoms with Crippen molar-refractivity contribution in [3.63, 3.8) is 0 Å². The van der Waals surface area contributed by atoms with Crippen molar-refractivity contribution < 1.29 is 9.63 Å². The van der Waals surface area contributed by atoms with E-state index in [9.17, 15) is 4.79 Å². The normalized spacial score (nSPS) is 12.1. The van der Waals surface area contributed by atoms with Crippen LogP contribution in [-0.2, 0) is 16.1 Å². The summed E-state index contributed by atoms with van der Waals surface area (Å²) in [6, 6.07) is 11.4. The minimum absolute atomic E-state index is 0.329. The number of thiophene rings is 1. The van der Waals surface area contributed by atoms with Crippen LogP contribution in [0.3, 0.4) is 0 Å². The van der Waals surface area contributed by atoms with Gasteiger partial charge in [-0.25, -0.2) is 4.79 Å². The van der Waals surface area contributed by atoms with Gasteiger partial charge in [-0.15, -0.1) is 11.3 Å². The lowest BCUT2D eigenvalue weighted by Crippen LogP contribution is -2.25. The van der Waals surface area contributed by atoms with Gasteiger partial charge in [0.05, 0.1) is 5.92 Å². The molecule has 1 heterocycles. The number of carbonyl (C=O) groups is 1. The third kappa shape index (κ3) is 4.07. The summed E-state index contributed by atoms with van der Waals surface area (Å²) in [6.07, 6.45) is 0.839. The Morgan fingerprint density at radius 2 is 2.15 bits per heavy atom. The summed E-state index contributed by atoms with van der Waals surface area (Å²) in [5, 5.41) is 2.61. The van der Waals surface area contributed by atoms with E-state index in [0.29, 0.717) is 11.6 Å². The molecule has 1 atom stereocenters. The molecule has 3 nitrogen and oxygen atoms in total. The van der Waals surface area contributed by atoms with Crippen molar-refractivity contribution in [3.05, 3.63) is 57.2 Å². The molecular formula is C15H16ClNO2S. The third-order valence-corrected chi connectivity index (χ3v) is 4.23. The zero-order chi connectivity index (χ0) is 14.4. The minimum Gasteiger partial charge on any atom is -0.370 e. The molecule has 0 spiro atoms. The van der Waals surface area contributed by atoms with Crippen LogP contribution in [0, 0.1) is 0 Å². The van der Waals surface area contributed by atoms with Crippen LogP contribution in [0.15, 0.2) is 41.8 Å². The van der Waals surface area contributed by atoms with Crippen molar-refractivity contribution in [2.45, 2.75) is 19.3 Å². The van der Waals surface area contributed by atoms with Gasteiger partial charge >= 0.3 is 5.97 Å². The van der Waals surface area contributed by atoms with E-state index >= 15 is 0 Å². The van der Waals surface area contributed by atoms with Crippen LogP contribution >= 0.6 is 22.9 Å². The second-order valence-electron chi connectivity index (χ2n) is 4.39. The number of hydrogen-bond acceptors (Lipinski definition) is 4. The zero-order valence-electron chi connectivity index (χ0n) is 11.1. The smallest absolute Gasteiger partial charge is 0.331 e. The molecule has 5 heteroatoms. The van der Waals surface area contributed by atoms with Gasteiger partial charge in [0.2, 0.25) is 0 Å². The van der Waals surface area contributed by atoms with Crippen molar-refractivity contribution >= 4 is 28.9 Å². The predicted molar refractivity (Wildman–Crippen MR) is 82.0 cm³/mol. The number of hydroxylamine groups is 1. The lowest BCUT2D eigenvalue weighted by atomic mass is 10.0. The minimum atomic E-state index is -0.391. The Balaban J connectivity index is 1.78. The lowest BCUT2D eigenvalue weighted by Gasteiger charge is -2.12. The first-order chi connectivity index (χ1) is 9.68. The number of benzene rings is 1. The second-order valence-corrected chi connectivity index (χ2v) is 5.83. The van der Waals surface area contributed by atoms with Gasteiger partial charge < -0.3 is 4.84 Å². The summed E-state index contributed by atoms with van der Waals surface area (Å²) in [5.74, 6) is -0.720. The average Bonchev–Trinajstić information content (AvgIpc) is 2.96. The molecule has 0 saturated heterocycles. The van der Waals surface area contributed by atoms with E-state index in [-0.39, 0.29) is 5.97 Å².